The summed E-state index contributed by atoms with van der Waals surface area (Å²) >= 11 is 0. The molecule has 0 radical (unpaired) electrons. The van der Waals surface area contributed by atoms with Crippen molar-refractivity contribution in [1.29, 1.82) is 0 Å². The number of carbonyl (C=O) groups is 4. The first kappa shape index (κ1) is 23.8. The molecule has 4 aliphatic rings. The Bertz CT molecular complexity index is 1170. The van der Waals surface area contributed by atoms with E-state index < -0.39 is 6.03 Å². The van der Waals surface area contributed by atoms with Crippen molar-refractivity contribution in [3.05, 3.63) is 53.3 Å². The fourth-order valence-electron chi connectivity index (χ4n) is 5.34. The molecule has 0 spiro atoms. The second-order valence-electron chi connectivity index (χ2n) is 9.98. The molecule has 5 amide bonds. The number of amides is 5. The largest absolute Gasteiger partial charge is 0.351 e. The molecular formula is C24H30N8O4. The highest BCUT2D eigenvalue weighted by molar-refractivity contribution is 5.98. The summed E-state index contributed by atoms with van der Waals surface area (Å²) in [6.07, 6.45) is 2.68. The molecule has 6 rings (SSSR count). The van der Waals surface area contributed by atoms with Crippen molar-refractivity contribution in [1.82, 2.24) is 41.5 Å². The SMILES string of the molecule is CN(CC(=O)NC12CC(NC(=O)c3cc4n(n3)CCCNC4=O)(C1)C2)NC(=O)NCc1ccccc1. The van der Waals surface area contributed by atoms with Gasteiger partial charge >= 0.3 is 6.03 Å². The normalized spacial score (nSPS) is 23.8. The zero-order valence-corrected chi connectivity index (χ0v) is 20.1. The van der Waals surface area contributed by atoms with Crippen LogP contribution in [-0.2, 0) is 17.9 Å². The number of rotatable bonds is 8. The number of nitrogens with one attached hydrogen (secondary N) is 5. The number of carbonyl (C=O) groups excluding carboxylic acids is 4. The van der Waals surface area contributed by atoms with Crippen molar-refractivity contribution in [2.24, 2.45) is 0 Å². The lowest BCUT2D eigenvalue weighted by Crippen LogP contribution is -2.84. The number of hydrazine groups is 1. The second-order valence-corrected chi connectivity index (χ2v) is 9.98. The Morgan fingerprint density at radius 3 is 2.58 bits per heavy atom. The van der Waals surface area contributed by atoms with Gasteiger partial charge in [0.05, 0.1) is 6.54 Å². The van der Waals surface area contributed by atoms with Gasteiger partial charge in [0.25, 0.3) is 11.8 Å². The molecule has 0 saturated heterocycles. The van der Waals surface area contributed by atoms with Gasteiger partial charge in [-0.05, 0) is 31.2 Å². The maximum absolute atomic E-state index is 12.7. The van der Waals surface area contributed by atoms with Crippen molar-refractivity contribution >= 4 is 23.8 Å². The predicted molar refractivity (Wildman–Crippen MR) is 129 cm³/mol. The van der Waals surface area contributed by atoms with Gasteiger partial charge in [0.2, 0.25) is 5.91 Å². The molecule has 5 N–H and O–H groups in total. The number of aromatic nitrogens is 2. The summed E-state index contributed by atoms with van der Waals surface area (Å²) < 4.78 is 1.58. The second kappa shape index (κ2) is 9.26. The Morgan fingerprint density at radius 2 is 1.83 bits per heavy atom. The minimum Gasteiger partial charge on any atom is -0.351 e. The van der Waals surface area contributed by atoms with Crippen LogP contribution in [0.15, 0.2) is 36.4 Å². The summed E-state index contributed by atoms with van der Waals surface area (Å²) in [6.45, 7) is 1.56. The fraction of sp³-hybridized carbons (Fsp3) is 0.458. The fourth-order valence-corrected chi connectivity index (χ4v) is 5.34. The smallest absolute Gasteiger partial charge is 0.329 e. The molecule has 2 bridgehead atoms. The average Bonchev–Trinajstić information content (AvgIpc) is 3.15. The molecule has 190 valence electrons. The van der Waals surface area contributed by atoms with Crippen molar-refractivity contribution in [2.75, 3.05) is 20.1 Å². The summed E-state index contributed by atoms with van der Waals surface area (Å²) in [4.78, 5) is 49.4. The zero-order chi connectivity index (χ0) is 25.3. The molecule has 36 heavy (non-hydrogen) atoms. The van der Waals surface area contributed by atoms with Crippen molar-refractivity contribution < 1.29 is 19.2 Å². The zero-order valence-electron chi connectivity index (χ0n) is 20.1. The molecule has 1 aromatic heterocycles. The van der Waals surface area contributed by atoms with Crippen LogP contribution in [0, 0.1) is 0 Å². The highest BCUT2D eigenvalue weighted by Gasteiger charge is 2.69. The molecule has 0 atom stereocenters. The van der Waals surface area contributed by atoms with Crippen LogP contribution in [0.1, 0.15) is 52.2 Å². The summed E-state index contributed by atoms with van der Waals surface area (Å²) in [5, 5.41) is 17.3. The molecule has 2 aromatic rings. The van der Waals surface area contributed by atoms with Gasteiger partial charge in [-0.1, -0.05) is 30.3 Å². The maximum atomic E-state index is 12.7. The Hall–Kier alpha value is -3.93. The Labute approximate surface area is 208 Å². The third-order valence-electron chi connectivity index (χ3n) is 6.86. The lowest BCUT2D eigenvalue weighted by atomic mass is 9.44. The number of nitrogens with zero attached hydrogens (tertiary/aromatic N) is 3. The average molecular weight is 495 g/mol. The summed E-state index contributed by atoms with van der Waals surface area (Å²) in [7, 11) is 1.62. The summed E-state index contributed by atoms with van der Waals surface area (Å²) in [6, 6.07) is 10.7. The monoisotopic (exact) mass is 494 g/mol. The number of aryl methyl sites for hydroxylation is 1. The standard InChI is InChI=1S/C24H30N8O4/c1-31(30-22(36)26-11-16-6-3-2-4-7-16)12-19(33)27-23-13-24(14-23,15-23)28-20(34)17-10-18-21(35)25-8-5-9-32(18)29-17/h2-4,6-7,10H,5,8-9,11-15H2,1H3,(H,25,35)(H,27,33)(H,28,34)(H2,26,30,36). The molecule has 3 saturated carbocycles. The molecule has 3 aliphatic carbocycles. The van der Waals surface area contributed by atoms with Crippen LogP contribution >= 0.6 is 0 Å². The van der Waals surface area contributed by atoms with Crippen LogP contribution in [0.4, 0.5) is 4.79 Å². The third-order valence-corrected chi connectivity index (χ3v) is 6.86. The van der Waals surface area contributed by atoms with Gasteiger partial charge in [-0.3, -0.25) is 24.5 Å². The van der Waals surface area contributed by atoms with Crippen molar-refractivity contribution in [3.8, 4) is 0 Å². The minimum atomic E-state index is -0.393. The number of fused-ring (bicyclic) bond motifs is 1. The van der Waals surface area contributed by atoms with Crippen LogP contribution < -0.4 is 26.7 Å². The van der Waals surface area contributed by atoms with Crippen LogP contribution in [0.3, 0.4) is 0 Å². The van der Waals surface area contributed by atoms with E-state index >= 15 is 0 Å². The molecule has 1 aliphatic heterocycles. The van der Waals surface area contributed by atoms with Crippen LogP contribution in [0.5, 0.6) is 0 Å². The van der Waals surface area contributed by atoms with E-state index in [0.29, 0.717) is 44.6 Å². The number of benzene rings is 1. The molecule has 3 fully saturated rings. The van der Waals surface area contributed by atoms with E-state index in [1.165, 1.54) is 11.1 Å². The van der Waals surface area contributed by atoms with E-state index in [0.717, 1.165) is 12.0 Å². The Morgan fingerprint density at radius 1 is 1.11 bits per heavy atom. The highest BCUT2D eigenvalue weighted by atomic mass is 16.2. The molecule has 2 heterocycles. The molecule has 12 heteroatoms. The van der Waals surface area contributed by atoms with Gasteiger partial charge in [-0.2, -0.15) is 5.10 Å². The summed E-state index contributed by atoms with van der Waals surface area (Å²) in [5.41, 5.74) is 3.54. The maximum Gasteiger partial charge on any atom is 0.329 e. The van der Waals surface area contributed by atoms with Gasteiger partial charge in [-0.15, -0.1) is 0 Å². The van der Waals surface area contributed by atoms with E-state index in [1.54, 1.807) is 11.7 Å². The summed E-state index contributed by atoms with van der Waals surface area (Å²) in [5.74, 6) is -0.739. The number of urea groups is 1. The predicted octanol–water partition coefficient (Wildman–Crippen LogP) is -0.116. The van der Waals surface area contributed by atoms with Crippen LogP contribution in [0.25, 0.3) is 0 Å². The quantitative estimate of drug-likeness (QED) is 0.323. The van der Waals surface area contributed by atoms with Gasteiger partial charge in [0.1, 0.15) is 5.69 Å². The van der Waals surface area contributed by atoms with Crippen LogP contribution in [-0.4, -0.2) is 69.8 Å². The van der Waals surface area contributed by atoms with Gasteiger partial charge in [0.15, 0.2) is 5.69 Å². The first-order chi connectivity index (χ1) is 17.2. The highest BCUT2D eigenvalue weighted by Crippen LogP contribution is 2.60. The lowest BCUT2D eigenvalue weighted by Gasteiger charge is -2.70. The van der Waals surface area contributed by atoms with Crippen LogP contribution in [0.2, 0.25) is 0 Å². The third kappa shape index (κ3) is 4.89. The first-order valence-electron chi connectivity index (χ1n) is 12.0. The van der Waals surface area contributed by atoms with E-state index in [9.17, 15) is 19.2 Å². The molecular weight excluding hydrogens is 464 g/mol. The van der Waals surface area contributed by atoms with Crippen molar-refractivity contribution in [3.63, 3.8) is 0 Å². The van der Waals surface area contributed by atoms with Gasteiger partial charge in [0, 0.05) is 43.8 Å². The van der Waals surface area contributed by atoms with E-state index in [1.807, 2.05) is 30.3 Å². The molecule has 0 unspecified atom stereocenters. The Balaban J connectivity index is 1.04. The molecule has 1 aromatic carbocycles. The number of likely N-dealkylation sites (N-methyl/N-ethyl adjacent to an activating group) is 1. The van der Waals surface area contributed by atoms with E-state index in [-0.39, 0.29) is 41.0 Å². The Kier molecular flexibility index (Phi) is 6.12. The van der Waals surface area contributed by atoms with Crippen molar-refractivity contribution in [2.45, 2.75) is 49.9 Å². The van der Waals surface area contributed by atoms with Gasteiger partial charge in [-0.25, -0.2) is 9.80 Å². The lowest BCUT2D eigenvalue weighted by molar-refractivity contribution is -0.140. The van der Waals surface area contributed by atoms with Gasteiger partial charge < -0.3 is 21.3 Å². The van der Waals surface area contributed by atoms with E-state index in [4.69, 9.17) is 0 Å². The topological polar surface area (TPSA) is 149 Å². The first-order valence-corrected chi connectivity index (χ1v) is 12.0. The minimum absolute atomic E-state index is 0.00213. The number of hydrogen-bond donors (Lipinski definition) is 5. The molecule has 12 nitrogen and oxygen atoms in total. The number of hydrogen-bond acceptors (Lipinski definition) is 6. The van der Waals surface area contributed by atoms with E-state index in [2.05, 4.69) is 31.8 Å².